The Morgan fingerprint density at radius 1 is 1.22 bits per heavy atom. The van der Waals surface area contributed by atoms with Crippen molar-refractivity contribution < 1.29 is 14.3 Å². The summed E-state index contributed by atoms with van der Waals surface area (Å²) in [7, 11) is 0. The second kappa shape index (κ2) is 9.16. The van der Waals surface area contributed by atoms with Crippen LogP contribution in [0.5, 0.6) is 11.5 Å². The molecule has 4 rings (SSSR count). The fraction of sp³-hybridized carbons (Fsp3) is 0.208. The van der Waals surface area contributed by atoms with E-state index in [0.29, 0.717) is 42.0 Å². The van der Waals surface area contributed by atoms with E-state index in [1.54, 1.807) is 24.3 Å². The lowest BCUT2D eigenvalue weighted by Gasteiger charge is -2.18. The third kappa shape index (κ3) is 4.46. The SMILES string of the molecule is Cc1nn(Cc2ccccc2Cl)c(C)c1/C=C(\C#N)C(=O)Nc1ccc2c(c1)OCCO2. The van der Waals surface area contributed by atoms with E-state index in [1.807, 2.05) is 48.9 Å². The van der Waals surface area contributed by atoms with Gasteiger partial charge in [-0.3, -0.25) is 9.48 Å². The minimum absolute atomic E-state index is 0.0246. The largest absolute Gasteiger partial charge is 0.486 e. The Bertz CT molecular complexity index is 1260. The number of nitriles is 1. The lowest BCUT2D eigenvalue weighted by Crippen LogP contribution is -2.17. The summed E-state index contributed by atoms with van der Waals surface area (Å²) >= 11 is 6.28. The topological polar surface area (TPSA) is 89.2 Å². The first-order valence-electron chi connectivity index (χ1n) is 10.1. The number of amides is 1. The van der Waals surface area contributed by atoms with Gasteiger partial charge in [0.1, 0.15) is 24.9 Å². The normalized spacial score (nSPS) is 12.9. The molecule has 0 saturated heterocycles. The highest BCUT2D eigenvalue weighted by molar-refractivity contribution is 6.31. The van der Waals surface area contributed by atoms with E-state index < -0.39 is 5.91 Å². The van der Waals surface area contributed by atoms with Crippen molar-refractivity contribution in [3.63, 3.8) is 0 Å². The summed E-state index contributed by atoms with van der Waals surface area (Å²) in [6, 6.07) is 14.7. The molecule has 32 heavy (non-hydrogen) atoms. The van der Waals surface area contributed by atoms with Crippen molar-refractivity contribution >= 4 is 29.3 Å². The summed E-state index contributed by atoms with van der Waals surface area (Å²) < 4.78 is 12.8. The van der Waals surface area contributed by atoms with Gasteiger partial charge in [0.25, 0.3) is 5.91 Å². The predicted octanol–water partition coefficient (Wildman–Crippen LogP) is 4.52. The van der Waals surface area contributed by atoms with Crippen LogP contribution in [0.1, 0.15) is 22.5 Å². The molecule has 1 aliphatic heterocycles. The number of aryl methyl sites for hydroxylation is 1. The van der Waals surface area contributed by atoms with Crippen LogP contribution in [0.4, 0.5) is 5.69 Å². The maximum atomic E-state index is 12.8. The number of ether oxygens (including phenoxy) is 2. The predicted molar refractivity (Wildman–Crippen MR) is 122 cm³/mol. The summed E-state index contributed by atoms with van der Waals surface area (Å²) in [6.45, 7) is 5.17. The zero-order chi connectivity index (χ0) is 22.7. The first-order valence-corrected chi connectivity index (χ1v) is 10.4. The molecule has 0 atom stereocenters. The summed E-state index contributed by atoms with van der Waals surface area (Å²) in [5, 5.41) is 17.6. The molecular formula is C24H21ClN4O3. The van der Waals surface area contributed by atoms with Crippen molar-refractivity contribution in [2.75, 3.05) is 18.5 Å². The Labute approximate surface area is 190 Å². The average Bonchev–Trinajstić information content (AvgIpc) is 3.05. The first-order chi connectivity index (χ1) is 15.5. The van der Waals surface area contributed by atoms with Crippen LogP contribution in [0.3, 0.4) is 0 Å². The van der Waals surface area contributed by atoms with Crippen LogP contribution < -0.4 is 14.8 Å². The van der Waals surface area contributed by atoms with Crippen molar-refractivity contribution in [2.45, 2.75) is 20.4 Å². The van der Waals surface area contributed by atoms with Gasteiger partial charge in [0.05, 0.1) is 12.2 Å². The number of nitrogens with one attached hydrogen (secondary N) is 1. The van der Waals surface area contributed by atoms with Crippen LogP contribution in [0.25, 0.3) is 6.08 Å². The van der Waals surface area contributed by atoms with Crippen molar-refractivity contribution in [3.05, 3.63) is 75.6 Å². The number of hydrogen-bond donors (Lipinski definition) is 1. The Kier molecular flexibility index (Phi) is 6.15. The average molecular weight is 449 g/mol. The van der Waals surface area contributed by atoms with Gasteiger partial charge in [-0.05, 0) is 43.7 Å². The number of rotatable bonds is 5. The number of carbonyl (C=O) groups excluding carboxylic acids is 1. The van der Waals surface area contributed by atoms with Crippen LogP contribution >= 0.6 is 11.6 Å². The molecule has 8 heteroatoms. The molecule has 0 unspecified atom stereocenters. The molecule has 1 amide bonds. The molecule has 0 saturated carbocycles. The minimum atomic E-state index is -0.512. The second-order valence-electron chi connectivity index (χ2n) is 7.32. The zero-order valence-corrected chi connectivity index (χ0v) is 18.4. The van der Waals surface area contributed by atoms with Crippen molar-refractivity contribution in [1.29, 1.82) is 5.26 Å². The zero-order valence-electron chi connectivity index (χ0n) is 17.7. The Balaban J connectivity index is 1.56. The van der Waals surface area contributed by atoms with E-state index in [4.69, 9.17) is 21.1 Å². The van der Waals surface area contributed by atoms with Crippen LogP contribution in [-0.2, 0) is 11.3 Å². The fourth-order valence-corrected chi connectivity index (χ4v) is 3.67. The summed E-state index contributed by atoms with van der Waals surface area (Å²) in [5.74, 6) is 0.674. The van der Waals surface area contributed by atoms with Gasteiger partial charge in [0, 0.05) is 28.0 Å². The lowest BCUT2D eigenvalue weighted by atomic mass is 10.1. The number of carbonyl (C=O) groups is 1. The maximum absolute atomic E-state index is 12.8. The van der Waals surface area contributed by atoms with E-state index >= 15 is 0 Å². The van der Waals surface area contributed by atoms with Crippen LogP contribution in [0.15, 0.2) is 48.0 Å². The number of nitrogens with zero attached hydrogens (tertiary/aromatic N) is 3. The van der Waals surface area contributed by atoms with Crippen molar-refractivity contribution in [1.82, 2.24) is 9.78 Å². The lowest BCUT2D eigenvalue weighted by molar-refractivity contribution is -0.112. The third-order valence-corrected chi connectivity index (χ3v) is 5.54. The van der Waals surface area contributed by atoms with E-state index in [-0.39, 0.29) is 5.57 Å². The van der Waals surface area contributed by atoms with Gasteiger partial charge >= 0.3 is 0 Å². The molecule has 0 aliphatic carbocycles. The van der Waals surface area contributed by atoms with E-state index in [0.717, 1.165) is 22.5 Å². The Hall–Kier alpha value is -3.76. The standard InChI is InChI=1S/C24H21ClN4O3/c1-15-20(16(2)29(28-15)14-17-5-3-4-6-21(17)25)11-18(13-26)24(30)27-19-7-8-22-23(12-19)32-10-9-31-22/h3-8,11-12H,9-10,14H2,1-2H3,(H,27,30)/b18-11+. The molecule has 1 aromatic heterocycles. The van der Waals surface area contributed by atoms with E-state index in [1.165, 1.54) is 0 Å². The van der Waals surface area contributed by atoms with Gasteiger partial charge in [-0.15, -0.1) is 0 Å². The number of aromatic nitrogens is 2. The molecule has 162 valence electrons. The molecule has 1 aliphatic rings. The van der Waals surface area contributed by atoms with E-state index in [2.05, 4.69) is 10.4 Å². The number of hydrogen-bond acceptors (Lipinski definition) is 5. The Morgan fingerprint density at radius 3 is 2.72 bits per heavy atom. The monoisotopic (exact) mass is 448 g/mol. The van der Waals surface area contributed by atoms with Crippen molar-refractivity contribution in [2.24, 2.45) is 0 Å². The summed E-state index contributed by atoms with van der Waals surface area (Å²) in [6.07, 6.45) is 1.56. The maximum Gasteiger partial charge on any atom is 0.266 e. The molecule has 2 heterocycles. The van der Waals surface area contributed by atoms with Crippen LogP contribution in [0, 0.1) is 25.2 Å². The highest BCUT2D eigenvalue weighted by Crippen LogP contribution is 2.32. The molecule has 0 spiro atoms. The van der Waals surface area contributed by atoms with Gasteiger partial charge < -0.3 is 14.8 Å². The van der Waals surface area contributed by atoms with Crippen LogP contribution in [-0.4, -0.2) is 28.9 Å². The molecule has 0 fully saturated rings. The second-order valence-corrected chi connectivity index (χ2v) is 7.72. The molecule has 0 bridgehead atoms. The van der Waals surface area contributed by atoms with Gasteiger partial charge in [-0.1, -0.05) is 29.8 Å². The van der Waals surface area contributed by atoms with Gasteiger partial charge in [-0.25, -0.2) is 0 Å². The number of benzene rings is 2. The smallest absolute Gasteiger partial charge is 0.266 e. The molecule has 0 radical (unpaired) electrons. The quantitative estimate of drug-likeness (QED) is 0.458. The van der Waals surface area contributed by atoms with Crippen LogP contribution in [0.2, 0.25) is 5.02 Å². The molecular weight excluding hydrogens is 428 g/mol. The molecule has 2 aromatic carbocycles. The van der Waals surface area contributed by atoms with Gasteiger partial charge in [0.15, 0.2) is 11.5 Å². The van der Waals surface area contributed by atoms with Gasteiger partial charge in [0.2, 0.25) is 0 Å². The summed E-state index contributed by atoms with van der Waals surface area (Å²) in [5.41, 5.74) is 3.71. The molecule has 7 nitrogen and oxygen atoms in total. The highest BCUT2D eigenvalue weighted by Gasteiger charge is 2.17. The number of fused-ring (bicyclic) bond motifs is 1. The first kappa shape index (κ1) is 21.5. The van der Waals surface area contributed by atoms with E-state index in [9.17, 15) is 10.1 Å². The van der Waals surface area contributed by atoms with Crippen molar-refractivity contribution in [3.8, 4) is 17.6 Å². The molecule has 1 N–H and O–H groups in total. The van der Waals surface area contributed by atoms with Gasteiger partial charge in [-0.2, -0.15) is 10.4 Å². The minimum Gasteiger partial charge on any atom is -0.486 e. The summed E-state index contributed by atoms with van der Waals surface area (Å²) in [4.78, 5) is 12.8. The fourth-order valence-electron chi connectivity index (χ4n) is 3.47. The number of halogens is 1. The number of anilines is 1. The highest BCUT2D eigenvalue weighted by atomic mass is 35.5. The third-order valence-electron chi connectivity index (χ3n) is 5.17. The Morgan fingerprint density at radius 2 is 1.97 bits per heavy atom. The molecule has 3 aromatic rings.